The quantitative estimate of drug-likeness (QED) is 0.849. The molecule has 1 nitrogen and oxygen atoms in total. The molecule has 1 aliphatic rings. The smallest absolute Gasteiger partial charge is 0.389 e. The van der Waals surface area contributed by atoms with Crippen LogP contribution in [0.1, 0.15) is 43.6 Å². The highest BCUT2D eigenvalue weighted by Crippen LogP contribution is 2.48. The molecule has 4 heteroatoms. The van der Waals surface area contributed by atoms with E-state index in [-0.39, 0.29) is 18.4 Å². The van der Waals surface area contributed by atoms with Gasteiger partial charge in [-0.15, -0.1) is 0 Å². The molecule has 1 aromatic rings. The Hall–Kier alpha value is -1.03. The second kappa shape index (κ2) is 4.92. The van der Waals surface area contributed by atoms with Crippen molar-refractivity contribution in [1.82, 2.24) is 0 Å². The van der Waals surface area contributed by atoms with E-state index in [0.29, 0.717) is 12.8 Å². The molecule has 1 aromatic carbocycles. The van der Waals surface area contributed by atoms with Gasteiger partial charge < -0.3 is 5.11 Å². The van der Waals surface area contributed by atoms with Gasteiger partial charge in [-0.2, -0.15) is 13.2 Å². The third-order valence-corrected chi connectivity index (χ3v) is 3.72. The largest absolute Gasteiger partial charge is 0.398 e. The molecule has 1 unspecified atom stereocenters. The van der Waals surface area contributed by atoms with Gasteiger partial charge in [-0.25, -0.2) is 0 Å². The third kappa shape index (κ3) is 2.69. The van der Waals surface area contributed by atoms with Gasteiger partial charge >= 0.3 is 6.18 Å². The van der Waals surface area contributed by atoms with Crippen LogP contribution in [0.25, 0.3) is 0 Å². The van der Waals surface area contributed by atoms with E-state index in [4.69, 9.17) is 0 Å². The van der Waals surface area contributed by atoms with Crippen molar-refractivity contribution in [3.63, 3.8) is 0 Å². The van der Waals surface area contributed by atoms with Crippen LogP contribution in [0.2, 0.25) is 0 Å². The Bertz CT molecular complexity index is 380. The molecule has 0 bridgehead atoms. The molecular formula is C14H17F3O. The van der Waals surface area contributed by atoms with E-state index in [2.05, 4.69) is 0 Å². The summed E-state index contributed by atoms with van der Waals surface area (Å²) in [4.78, 5) is 0. The predicted molar refractivity (Wildman–Crippen MR) is 63.3 cm³/mol. The van der Waals surface area contributed by atoms with Crippen LogP contribution in [-0.4, -0.2) is 16.9 Å². The van der Waals surface area contributed by atoms with Crippen molar-refractivity contribution in [3.8, 4) is 0 Å². The van der Waals surface area contributed by atoms with Crippen LogP contribution >= 0.6 is 0 Å². The SMILES string of the molecule is OC1(C(c2ccccc2)C(F)(F)F)CCCCC1. The zero-order valence-corrected chi connectivity index (χ0v) is 10.1. The summed E-state index contributed by atoms with van der Waals surface area (Å²) >= 11 is 0. The van der Waals surface area contributed by atoms with Crippen molar-refractivity contribution in [3.05, 3.63) is 35.9 Å². The molecule has 0 radical (unpaired) electrons. The number of alkyl halides is 3. The Balaban J connectivity index is 2.37. The molecule has 0 amide bonds. The zero-order valence-electron chi connectivity index (χ0n) is 10.1. The summed E-state index contributed by atoms with van der Waals surface area (Å²) in [6, 6.07) is 7.75. The van der Waals surface area contributed by atoms with Crippen LogP contribution in [0.5, 0.6) is 0 Å². The Morgan fingerprint density at radius 3 is 2.06 bits per heavy atom. The normalized spacial score (nSPS) is 21.6. The first-order valence-corrected chi connectivity index (χ1v) is 6.27. The molecule has 1 atom stereocenters. The number of hydrogen-bond acceptors (Lipinski definition) is 1. The van der Waals surface area contributed by atoms with Gasteiger partial charge in [0.1, 0.15) is 5.92 Å². The summed E-state index contributed by atoms with van der Waals surface area (Å²) < 4.78 is 39.8. The molecular weight excluding hydrogens is 241 g/mol. The first kappa shape index (κ1) is 13.4. The van der Waals surface area contributed by atoms with E-state index < -0.39 is 17.7 Å². The van der Waals surface area contributed by atoms with Crippen molar-refractivity contribution in [2.45, 2.75) is 49.8 Å². The fourth-order valence-corrected chi connectivity index (χ4v) is 2.90. The predicted octanol–water partition coefficient (Wildman–Crippen LogP) is 4.03. The van der Waals surface area contributed by atoms with Crippen LogP contribution < -0.4 is 0 Å². The van der Waals surface area contributed by atoms with Crippen molar-refractivity contribution >= 4 is 0 Å². The average Bonchev–Trinajstić information content (AvgIpc) is 2.29. The summed E-state index contributed by atoms with van der Waals surface area (Å²) in [5, 5.41) is 10.4. The minimum atomic E-state index is -4.41. The number of benzene rings is 1. The van der Waals surface area contributed by atoms with Gasteiger partial charge in [-0.1, -0.05) is 49.6 Å². The summed E-state index contributed by atoms with van der Waals surface area (Å²) in [6.45, 7) is 0. The molecule has 1 fully saturated rings. The van der Waals surface area contributed by atoms with Gasteiger partial charge in [0.2, 0.25) is 0 Å². The summed E-state index contributed by atoms with van der Waals surface area (Å²) in [6.07, 6.45) is -1.72. The standard InChI is InChI=1S/C14H17F3O/c15-14(16,17)12(11-7-3-1-4-8-11)13(18)9-5-2-6-10-13/h1,3-4,7-8,12,18H,2,5-6,9-10H2. The van der Waals surface area contributed by atoms with Crippen LogP contribution in [0, 0.1) is 0 Å². The van der Waals surface area contributed by atoms with Gasteiger partial charge in [0.15, 0.2) is 0 Å². The van der Waals surface area contributed by atoms with Crippen molar-refractivity contribution < 1.29 is 18.3 Å². The van der Waals surface area contributed by atoms with Gasteiger partial charge in [-0.3, -0.25) is 0 Å². The first-order valence-electron chi connectivity index (χ1n) is 6.27. The highest BCUT2D eigenvalue weighted by atomic mass is 19.4. The molecule has 1 saturated carbocycles. The Labute approximate surface area is 105 Å². The van der Waals surface area contributed by atoms with E-state index in [1.807, 2.05) is 0 Å². The van der Waals surface area contributed by atoms with Crippen molar-refractivity contribution in [2.24, 2.45) is 0 Å². The molecule has 0 heterocycles. The molecule has 18 heavy (non-hydrogen) atoms. The van der Waals surface area contributed by atoms with E-state index in [1.165, 1.54) is 12.1 Å². The first-order chi connectivity index (χ1) is 8.43. The van der Waals surface area contributed by atoms with Crippen LogP contribution in [-0.2, 0) is 0 Å². The topological polar surface area (TPSA) is 20.2 Å². The van der Waals surface area contributed by atoms with Crippen LogP contribution in [0.4, 0.5) is 13.2 Å². The molecule has 2 rings (SSSR count). The maximum absolute atomic E-state index is 13.3. The number of halogens is 3. The Morgan fingerprint density at radius 1 is 1.00 bits per heavy atom. The number of rotatable bonds is 2. The van der Waals surface area contributed by atoms with Gasteiger partial charge in [0.25, 0.3) is 0 Å². The van der Waals surface area contributed by atoms with Gasteiger partial charge in [0.05, 0.1) is 5.60 Å². The lowest BCUT2D eigenvalue weighted by Crippen LogP contribution is -2.45. The van der Waals surface area contributed by atoms with Crippen LogP contribution in [0.3, 0.4) is 0 Å². The molecule has 1 N–H and O–H groups in total. The van der Waals surface area contributed by atoms with E-state index >= 15 is 0 Å². The minimum Gasteiger partial charge on any atom is -0.389 e. The Morgan fingerprint density at radius 2 is 1.56 bits per heavy atom. The summed E-state index contributed by atoms with van der Waals surface area (Å²) in [5.41, 5.74) is -1.48. The monoisotopic (exact) mass is 258 g/mol. The third-order valence-electron chi connectivity index (χ3n) is 3.72. The lowest BCUT2D eigenvalue weighted by atomic mass is 9.72. The number of hydrogen-bond donors (Lipinski definition) is 1. The molecule has 1 aliphatic carbocycles. The fourth-order valence-electron chi connectivity index (χ4n) is 2.90. The van der Waals surface area contributed by atoms with Gasteiger partial charge in [0, 0.05) is 0 Å². The maximum atomic E-state index is 13.3. The highest BCUT2D eigenvalue weighted by Gasteiger charge is 2.53. The molecule has 0 aliphatic heterocycles. The second-order valence-corrected chi connectivity index (χ2v) is 5.05. The maximum Gasteiger partial charge on any atom is 0.398 e. The van der Waals surface area contributed by atoms with Crippen LogP contribution in [0.15, 0.2) is 30.3 Å². The molecule has 0 saturated heterocycles. The van der Waals surface area contributed by atoms with E-state index in [9.17, 15) is 18.3 Å². The lowest BCUT2D eigenvalue weighted by molar-refractivity contribution is -0.203. The average molecular weight is 258 g/mol. The second-order valence-electron chi connectivity index (χ2n) is 5.05. The van der Waals surface area contributed by atoms with Crippen molar-refractivity contribution in [1.29, 1.82) is 0 Å². The highest BCUT2D eigenvalue weighted by molar-refractivity contribution is 5.25. The lowest BCUT2D eigenvalue weighted by Gasteiger charge is -2.40. The summed E-state index contributed by atoms with van der Waals surface area (Å²) in [5.74, 6) is -1.77. The van der Waals surface area contributed by atoms with Crippen molar-refractivity contribution in [2.75, 3.05) is 0 Å². The Kier molecular flexibility index (Phi) is 3.66. The molecule has 0 aromatic heterocycles. The summed E-state index contributed by atoms with van der Waals surface area (Å²) in [7, 11) is 0. The van der Waals surface area contributed by atoms with E-state index in [0.717, 1.165) is 6.42 Å². The molecule has 100 valence electrons. The van der Waals surface area contributed by atoms with E-state index in [1.54, 1.807) is 18.2 Å². The molecule has 0 spiro atoms. The van der Waals surface area contributed by atoms with Gasteiger partial charge in [-0.05, 0) is 18.4 Å². The fraction of sp³-hybridized carbons (Fsp3) is 0.571. The zero-order chi connectivity index (χ0) is 13.2. The minimum absolute atomic E-state index is 0.161. The number of aliphatic hydroxyl groups is 1.